The first kappa shape index (κ1) is 35.2. The Hall–Kier alpha value is -4.17. The van der Waals surface area contributed by atoms with Crippen molar-refractivity contribution in [2.75, 3.05) is 18.5 Å². The number of allylic oxidation sites excluding steroid dienone is 8. The predicted molar refractivity (Wildman–Crippen MR) is 222 cm³/mol. The number of fused-ring (bicyclic) bond motifs is 6. The third kappa shape index (κ3) is 6.24. The van der Waals surface area contributed by atoms with Gasteiger partial charge in [0.25, 0.3) is 0 Å². The summed E-state index contributed by atoms with van der Waals surface area (Å²) in [6, 6.07) is 27.1. The molecule has 0 bridgehead atoms. The molecule has 4 aromatic carbocycles. The molecule has 7 rings (SSSR count). The number of hydrogen-bond acceptors (Lipinski definition) is 1. The van der Waals surface area contributed by atoms with E-state index in [0.29, 0.717) is 11.8 Å². The second-order valence-corrected chi connectivity index (χ2v) is 17.8. The van der Waals surface area contributed by atoms with E-state index >= 15 is 0 Å². The maximum atomic E-state index is 2.65. The Bertz CT molecular complexity index is 2160. The van der Waals surface area contributed by atoms with Crippen molar-refractivity contribution < 1.29 is 4.58 Å². The summed E-state index contributed by atoms with van der Waals surface area (Å²) in [6.07, 6.45) is 16.9. The third-order valence-corrected chi connectivity index (χ3v) is 12.7. The van der Waals surface area contributed by atoms with Crippen molar-refractivity contribution in [1.29, 1.82) is 0 Å². The smallest absolute Gasteiger partial charge is 0.210 e. The predicted octanol–water partition coefficient (Wildman–Crippen LogP) is 13.0. The van der Waals surface area contributed by atoms with Crippen LogP contribution in [0.3, 0.4) is 0 Å². The molecule has 2 nitrogen and oxygen atoms in total. The van der Waals surface area contributed by atoms with Crippen LogP contribution >= 0.6 is 0 Å². The Balaban J connectivity index is 1.27. The molecule has 3 aliphatic rings. The Kier molecular flexibility index (Phi) is 9.06. The number of rotatable bonds is 7. The summed E-state index contributed by atoms with van der Waals surface area (Å²) in [5.41, 5.74) is 11.3. The lowest BCUT2D eigenvalue weighted by atomic mass is 9.70. The number of nitrogens with zero attached hydrogens (tertiary/aromatic N) is 2. The maximum absolute atomic E-state index is 2.65. The van der Waals surface area contributed by atoms with Gasteiger partial charge in [0.05, 0.1) is 5.41 Å². The molecule has 2 heterocycles. The Labute approximate surface area is 308 Å². The molecule has 2 aliphatic heterocycles. The highest BCUT2D eigenvalue weighted by molar-refractivity contribution is 6.07. The molecule has 2 heteroatoms. The van der Waals surface area contributed by atoms with Gasteiger partial charge in [0.15, 0.2) is 5.71 Å². The fraction of sp³-hybridized carbons (Fsp3) is 0.408. The minimum absolute atomic E-state index is 0.0881. The van der Waals surface area contributed by atoms with E-state index in [4.69, 9.17) is 0 Å². The summed E-state index contributed by atoms with van der Waals surface area (Å²) in [5, 5.41) is 5.39. The minimum Gasteiger partial charge on any atom is -0.344 e. The first-order valence-electron chi connectivity index (χ1n) is 19.4. The molecule has 0 saturated heterocycles. The fourth-order valence-electron chi connectivity index (χ4n) is 9.24. The maximum Gasteiger partial charge on any atom is 0.210 e. The van der Waals surface area contributed by atoms with Gasteiger partial charge in [0, 0.05) is 41.1 Å². The molecule has 51 heavy (non-hydrogen) atoms. The highest BCUT2D eigenvalue weighted by Crippen LogP contribution is 2.51. The van der Waals surface area contributed by atoms with Crippen molar-refractivity contribution in [3.05, 3.63) is 131 Å². The second-order valence-electron chi connectivity index (χ2n) is 17.8. The molecule has 0 spiro atoms. The van der Waals surface area contributed by atoms with Crippen LogP contribution in [0, 0.1) is 17.3 Å². The third-order valence-electron chi connectivity index (χ3n) is 12.7. The van der Waals surface area contributed by atoms with Gasteiger partial charge in [-0.2, -0.15) is 4.58 Å². The van der Waals surface area contributed by atoms with Crippen LogP contribution in [0.2, 0.25) is 0 Å². The zero-order valence-electron chi connectivity index (χ0n) is 32.9. The van der Waals surface area contributed by atoms with E-state index in [0.717, 1.165) is 19.4 Å². The monoisotopic (exact) mass is 675 g/mol. The van der Waals surface area contributed by atoms with Crippen LogP contribution in [0.1, 0.15) is 99.1 Å². The highest BCUT2D eigenvalue weighted by atomic mass is 15.2. The van der Waals surface area contributed by atoms with Crippen LogP contribution in [0.5, 0.6) is 0 Å². The van der Waals surface area contributed by atoms with Crippen molar-refractivity contribution in [3.8, 4) is 0 Å². The molecule has 0 N–H and O–H groups in total. The van der Waals surface area contributed by atoms with Gasteiger partial charge in [-0.15, -0.1) is 0 Å². The quantitative estimate of drug-likeness (QED) is 0.177. The SMILES string of the molecule is CCC(C)CCN1/C(=C/C=C2C=C(/C=C/C3=[N+](C)c4ccc5ccccc5c4C3(C)C)CC(C(C)(C)C)C/2)C(C)(C)c2c1ccc1ccccc21. The van der Waals surface area contributed by atoms with E-state index in [2.05, 4.69) is 182 Å². The Morgan fingerprint density at radius 3 is 2.12 bits per heavy atom. The van der Waals surface area contributed by atoms with Crippen LogP contribution in [-0.4, -0.2) is 23.9 Å². The Morgan fingerprint density at radius 2 is 1.45 bits per heavy atom. The first-order chi connectivity index (χ1) is 24.2. The summed E-state index contributed by atoms with van der Waals surface area (Å²) in [6.45, 7) is 22.7. The topological polar surface area (TPSA) is 6.25 Å². The van der Waals surface area contributed by atoms with E-state index in [9.17, 15) is 0 Å². The van der Waals surface area contributed by atoms with Crippen LogP contribution in [0.25, 0.3) is 21.5 Å². The molecular weight excluding hydrogens is 617 g/mol. The molecule has 0 fully saturated rings. The molecule has 2 unspecified atom stereocenters. The number of hydrogen-bond donors (Lipinski definition) is 0. The van der Waals surface area contributed by atoms with Crippen molar-refractivity contribution in [2.24, 2.45) is 17.3 Å². The van der Waals surface area contributed by atoms with Crippen molar-refractivity contribution in [3.63, 3.8) is 0 Å². The molecule has 0 radical (unpaired) electrons. The van der Waals surface area contributed by atoms with Crippen LogP contribution in [-0.2, 0) is 10.8 Å². The molecule has 4 aromatic rings. The van der Waals surface area contributed by atoms with E-state index in [1.807, 2.05) is 0 Å². The highest BCUT2D eigenvalue weighted by Gasteiger charge is 2.44. The lowest BCUT2D eigenvalue weighted by molar-refractivity contribution is -0.401. The Morgan fingerprint density at radius 1 is 0.804 bits per heavy atom. The number of anilines is 1. The van der Waals surface area contributed by atoms with Gasteiger partial charge in [-0.1, -0.05) is 128 Å². The van der Waals surface area contributed by atoms with Gasteiger partial charge in [0.1, 0.15) is 7.05 Å². The molecular formula is C49H59N2+. The molecule has 2 atom stereocenters. The second kappa shape index (κ2) is 13.1. The largest absolute Gasteiger partial charge is 0.344 e. The van der Waals surface area contributed by atoms with E-state index in [1.165, 1.54) is 79.4 Å². The summed E-state index contributed by atoms with van der Waals surface area (Å²) in [7, 11) is 2.24. The van der Waals surface area contributed by atoms with Gasteiger partial charge in [-0.25, -0.2) is 0 Å². The summed E-state index contributed by atoms with van der Waals surface area (Å²) in [5.74, 6) is 1.28. The van der Waals surface area contributed by atoms with E-state index in [-0.39, 0.29) is 16.2 Å². The van der Waals surface area contributed by atoms with E-state index in [1.54, 1.807) is 0 Å². The summed E-state index contributed by atoms with van der Waals surface area (Å²) < 4.78 is 2.42. The van der Waals surface area contributed by atoms with Gasteiger partial charge in [-0.3, -0.25) is 0 Å². The molecule has 0 saturated carbocycles. The normalized spacial score (nSPS) is 22.0. The van der Waals surface area contributed by atoms with Crippen molar-refractivity contribution >= 4 is 38.6 Å². The fourth-order valence-corrected chi connectivity index (χ4v) is 9.24. The lowest BCUT2D eigenvalue weighted by Gasteiger charge is -2.34. The van der Waals surface area contributed by atoms with Crippen molar-refractivity contribution in [2.45, 2.75) is 98.8 Å². The molecule has 0 amide bonds. The molecule has 0 aromatic heterocycles. The van der Waals surface area contributed by atoms with Gasteiger partial charge in [-0.05, 0) is 107 Å². The first-order valence-corrected chi connectivity index (χ1v) is 19.4. The van der Waals surface area contributed by atoms with Gasteiger partial charge < -0.3 is 4.90 Å². The molecule has 264 valence electrons. The summed E-state index contributed by atoms with van der Waals surface area (Å²) >= 11 is 0. The average Bonchev–Trinajstić information content (AvgIpc) is 3.45. The van der Waals surface area contributed by atoms with Crippen LogP contribution in [0.15, 0.2) is 120 Å². The zero-order chi connectivity index (χ0) is 36.3. The standard InChI is InChI=1S/C49H59N2/c1-11-33(2)28-29-51-42-25-23-37-17-13-15-19-40(37)46(42)49(8,9)44(51)27-21-35-30-34(31-38(32-35)47(3,4)5)20-26-43-48(6,7)45-39-18-14-12-16-36(39)22-24-41(45)50(43)10/h12-27,30,33,38H,11,28-29,31-32H2,1-10H3/q+1. The van der Waals surface area contributed by atoms with Crippen LogP contribution < -0.4 is 4.90 Å². The number of benzene rings is 4. The van der Waals surface area contributed by atoms with Crippen LogP contribution in [0.4, 0.5) is 11.4 Å². The summed E-state index contributed by atoms with van der Waals surface area (Å²) in [4.78, 5) is 2.65. The lowest BCUT2D eigenvalue weighted by Crippen LogP contribution is -2.28. The zero-order valence-corrected chi connectivity index (χ0v) is 32.9. The minimum atomic E-state index is -0.0955. The molecule has 1 aliphatic carbocycles. The van der Waals surface area contributed by atoms with Gasteiger partial charge >= 0.3 is 0 Å². The van der Waals surface area contributed by atoms with Gasteiger partial charge in [0.2, 0.25) is 5.69 Å². The average molecular weight is 676 g/mol. The van der Waals surface area contributed by atoms with E-state index < -0.39 is 0 Å². The van der Waals surface area contributed by atoms with Crippen molar-refractivity contribution in [1.82, 2.24) is 0 Å².